The molecule has 0 saturated carbocycles. The average Bonchev–Trinajstić information content (AvgIpc) is 2.62. The molecule has 1 aromatic carbocycles. The van der Waals surface area contributed by atoms with Crippen LogP contribution in [-0.2, 0) is 19.1 Å². The second-order valence-electron chi connectivity index (χ2n) is 5.92. The highest BCUT2D eigenvalue weighted by atomic mass is 32.2. The van der Waals surface area contributed by atoms with Crippen molar-refractivity contribution < 1.29 is 24.2 Å². The second-order valence-corrected chi connectivity index (χ2v) is 6.80. The fourth-order valence-electron chi connectivity index (χ4n) is 2.69. The molecule has 2 rings (SSSR count). The van der Waals surface area contributed by atoms with Gasteiger partial charge in [0.15, 0.2) is 0 Å². The maximum atomic E-state index is 12.2. The lowest BCUT2D eigenvalue weighted by molar-refractivity contribution is -0.137. The van der Waals surface area contributed by atoms with Gasteiger partial charge in [-0.05, 0) is 36.8 Å². The van der Waals surface area contributed by atoms with Crippen LogP contribution in [0.25, 0.3) is 0 Å². The lowest BCUT2D eigenvalue weighted by Gasteiger charge is -2.22. The van der Waals surface area contributed by atoms with Crippen molar-refractivity contribution in [1.82, 2.24) is 5.32 Å². The molecule has 0 bridgehead atoms. The molecule has 2 N–H and O–H groups in total. The molecule has 0 radical (unpaired) electrons. The zero-order valence-electron chi connectivity index (χ0n) is 14.4. The van der Waals surface area contributed by atoms with Crippen molar-refractivity contribution >= 4 is 23.6 Å². The van der Waals surface area contributed by atoms with Crippen LogP contribution >= 0.6 is 11.8 Å². The number of nitrogens with one attached hydrogen (secondary N) is 1. The van der Waals surface area contributed by atoms with Gasteiger partial charge in [-0.15, -0.1) is 11.8 Å². The number of thioether (sulfide) groups is 1. The summed E-state index contributed by atoms with van der Waals surface area (Å²) in [6.45, 7) is 1.73. The molecule has 1 unspecified atom stereocenters. The number of carboxylic acids is 1. The fourth-order valence-corrected chi connectivity index (χ4v) is 3.10. The van der Waals surface area contributed by atoms with Gasteiger partial charge in [0.05, 0.1) is 25.2 Å². The number of rotatable bonds is 9. The van der Waals surface area contributed by atoms with Crippen LogP contribution in [0.2, 0.25) is 0 Å². The van der Waals surface area contributed by atoms with E-state index < -0.39 is 12.0 Å². The lowest BCUT2D eigenvalue weighted by atomic mass is 10.0. The molecule has 1 aromatic rings. The van der Waals surface area contributed by atoms with Crippen LogP contribution in [0.5, 0.6) is 0 Å². The molecule has 1 atom stereocenters. The summed E-state index contributed by atoms with van der Waals surface area (Å²) in [6, 6.07) is 7.03. The lowest BCUT2D eigenvalue weighted by Crippen LogP contribution is -2.31. The molecule has 1 aliphatic heterocycles. The first-order chi connectivity index (χ1) is 12.1. The standard InChI is InChI=1S/C18H25NO5S/c1-25-15-4-2-13(3-5-15)16(12-18(21)22)19-17(20)8-11-24-14-6-9-23-10-7-14/h2-5,14,16H,6-12H2,1H3,(H,19,20)(H,21,22). The number of benzene rings is 1. The van der Waals surface area contributed by atoms with E-state index in [1.807, 2.05) is 30.5 Å². The van der Waals surface area contributed by atoms with E-state index >= 15 is 0 Å². The third kappa shape index (κ3) is 7.05. The summed E-state index contributed by atoms with van der Waals surface area (Å²) < 4.78 is 11.0. The van der Waals surface area contributed by atoms with Gasteiger partial charge in [0.2, 0.25) is 5.91 Å². The number of amides is 1. The van der Waals surface area contributed by atoms with Crippen LogP contribution < -0.4 is 5.32 Å². The summed E-state index contributed by atoms with van der Waals surface area (Å²) in [5, 5.41) is 11.9. The third-order valence-corrected chi connectivity index (χ3v) is 4.83. The van der Waals surface area contributed by atoms with Gasteiger partial charge in [-0.25, -0.2) is 0 Å². The van der Waals surface area contributed by atoms with E-state index in [1.54, 1.807) is 11.8 Å². The van der Waals surface area contributed by atoms with Crippen LogP contribution in [0, 0.1) is 0 Å². The van der Waals surface area contributed by atoms with E-state index in [1.165, 1.54) is 0 Å². The molecule has 1 amide bonds. The minimum Gasteiger partial charge on any atom is -0.481 e. The molecule has 7 heteroatoms. The highest BCUT2D eigenvalue weighted by molar-refractivity contribution is 7.98. The number of hydrogen-bond acceptors (Lipinski definition) is 5. The van der Waals surface area contributed by atoms with Gasteiger partial charge in [0.1, 0.15) is 0 Å². The maximum Gasteiger partial charge on any atom is 0.305 e. The van der Waals surface area contributed by atoms with Crippen LogP contribution in [0.15, 0.2) is 29.2 Å². The monoisotopic (exact) mass is 367 g/mol. The van der Waals surface area contributed by atoms with Gasteiger partial charge < -0.3 is 19.9 Å². The molecular formula is C18H25NO5S. The normalized spacial score (nSPS) is 16.4. The molecule has 1 heterocycles. The van der Waals surface area contributed by atoms with Gasteiger partial charge in [0.25, 0.3) is 0 Å². The Balaban J connectivity index is 1.84. The van der Waals surface area contributed by atoms with E-state index in [9.17, 15) is 9.59 Å². The molecule has 1 saturated heterocycles. The topological polar surface area (TPSA) is 84.9 Å². The van der Waals surface area contributed by atoms with Crippen LogP contribution in [-0.4, -0.2) is 49.2 Å². The second kappa shape index (κ2) is 10.4. The van der Waals surface area contributed by atoms with Crippen molar-refractivity contribution in [3.8, 4) is 0 Å². The van der Waals surface area contributed by atoms with Crippen molar-refractivity contribution in [2.45, 2.75) is 42.7 Å². The fraction of sp³-hybridized carbons (Fsp3) is 0.556. The summed E-state index contributed by atoms with van der Waals surface area (Å²) in [6.07, 6.45) is 3.90. The summed E-state index contributed by atoms with van der Waals surface area (Å²) in [7, 11) is 0. The molecule has 25 heavy (non-hydrogen) atoms. The first-order valence-electron chi connectivity index (χ1n) is 8.43. The highest BCUT2D eigenvalue weighted by Gasteiger charge is 2.19. The average molecular weight is 367 g/mol. The number of hydrogen-bond donors (Lipinski definition) is 2. The SMILES string of the molecule is CSc1ccc(C(CC(=O)O)NC(=O)CCOC2CCOCC2)cc1. The maximum absolute atomic E-state index is 12.2. The predicted octanol–water partition coefficient (Wildman–Crippen LogP) is 2.63. The van der Waals surface area contributed by atoms with E-state index in [0.717, 1.165) is 23.3 Å². The van der Waals surface area contributed by atoms with Crippen molar-refractivity contribution in [1.29, 1.82) is 0 Å². The van der Waals surface area contributed by atoms with Gasteiger partial charge >= 0.3 is 5.97 Å². The smallest absolute Gasteiger partial charge is 0.305 e. The number of aliphatic carboxylic acids is 1. The minimum absolute atomic E-state index is 0.148. The van der Waals surface area contributed by atoms with E-state index in [4.69, 9.17) is 14.6 Å². The Hall–Kier alpha value is -1.57. The van der Waals surface area contributed by atoms with Crippen molar-refractivity contribution in [3.63, 3.8) is 0 Å². The van der Waals surface area contributed by atoms with Gasteiger partial charge in [-0.1, -0.05) is 12.1 Å². The van der Waals surface area contributed by atoms with Gasteiger partial charge in [-0.2, -0.15) is 0 Å². The largest absolute Gasteiger partial charge is 0.481 e. The first kappa shape index (κ1) is 19.8. The predicted molar refractivity (Wildman–Crippen MR) is 95.8 cm³/mol. The summed E-state index contributed by atoms with van der Waals surface area (Å²) in [4.78, 5) is 24.4. The highest BCUT2D eigenvalue weighted by Crippen LogP contribution is 2.21. The summed E-state index contributed by atoms with van der Waals surface area (Å²) in [5.41, 5.74) is 0.791. The van der Waals surface area contributed by atoms with Crippen molar-refractivity contribution in [2.75, 3.05) is 26.1 Å². The Labute approximate surface area is 152 Å². The molecular weight excluding hydrogens is 342 g/mol. The Morgan fingerprint density at radius 2 is 2.00 bits per heavy atom. The molecule has 6 nitrogen and oxygen atoms in total. The van der Waals surface area contributed by atoms with E-state index in [2.05, 4.69) is 5.32 Å². The number of ether oxygens (including phenoxy) is 2. The zero-order chi connectivity index (χ0) is 18.1. The molecule has 0 spiro atoms. The van der Waals surface area contributed by atoms with Crippen LogP contribution in [0.3, 0.4) is 0 Å². The summed E-state index contributed by atoms with van der Waals surface area (Å²) >= 11 is 1.61. The number of carboxylic acid groups (broad SMARTS) is 1. The molecule has 0 aliphatic carbocycles. The molecule has 1 aliphatic rings. The first-order valence-corrected chi connectivity index (χ1v) is 9.65. The van der Waals surface area contributed by atoms with E-state index in [0.29, 0.717) is 19.8 Å². The van der Waals surface area contributed by atoms with Crippen LogP contribution in [0.4, 0.5) is 0 Å². The van der Waals surface area contributed by atoms with Crippen molar-refractivity contribution in [2.24, 2.45) is 0 Å². The molecule has 1 fully saturated rings. The third-order valence-electron chi connectivity index (χ3n) is 4.08. The quantitative estimate of drug-likeness (QED) is 0.653. The Morgan fingerprint density at radius 1 is 1.32 bits per heavy atom. The van der Waals surface area contributed by atoms with E-state index in [-0.39, 0.29) is 24.9 Å². The Bertz CT molecular complexity index is 557. The summed E-state index contributed by atoms with van der Waals surface area (Å²) in [5.74, 6) is -1.15. The Kier molecular flexibility index (Phi) is 8.24. The number of carbonyl (C=O) groups is 2. The van der Waals surface area contributed by atoms with Crippen LogP contribution in [0.1, 0.15) is 37.3 Å². The zero-order valence-corrected chi connectivity index (χ0v) is 15.2. The van der Waals surface area contributed by atoms with Crippen molar-refractivity contribution in [3.05, 3.63) is 29.8 Å². The molecule has 138 valence electrons. The molecule has 0 aromatic heterocycles. The van der Waals surface area contributed by atoms with Gasteiger partial charge in [-0.3, -0.25) is 9.59 Å². The number of carbonyl (C=O) groups excluding carboxylic acids is 1. The Morgan fingerprint density at radius 3 is 2.60 bits per heavy atom. The van der Waals surface area contributed by atoms with Gasteiger partial charge in [0, 0.05) is 24.5 Å². The minimum atomic E-state index is -0.947.